The Hall–Kier alpha value is -0.370. The monoisotopic (exact) mass is 353 g/mol. The number of piperidine rings is 1. The van der Waals surface area contributed by atoms with Gasteiger partial charge in [-0.2, -0.15) is 0 Å². The van der Waals surface area contributed by atoms with E-state index in [2.05, 4.69) is 5.32 Å². The topological polar surface area (TPSA) is 92.5 Å². The van der Waals surface area contributed by atoms with Crippen LogP contribution in [0.4, 0.5) is 0 Å². The summed E-state index contributed by atoms with van der Waals surface area (Å²) >= 11 is 0. The van der Waals surface area contributed by atoms with Crippen molar-refractivity contribution in [3.8, 4) is 0 Å². The Balaban J connectivity index is 0.00000242. The molecule has 2 rings (SSSR count). The molecule has 1 aliphatic heterocycles. The maximum Gasteiger partial charge on any atom is 0.220 e. The number of amides is 1. The fourth-order valence-corrected chi connectivity index (χ4v) is 4.21. The van der Waals surface area contributed by atoms with Gasteiger partial charge in [-0.1, -0.05) is 6.42 Å². The van der Waals surface area contributed by atoms with Crippen LogP contribution in [0.1, 0.15) is 38.5 Å². The Morgan fingerprint density at radius 3 is 2.36 bits per heavy atom. The number of carbonyl (C=O) groups excluding carboxylic acids is 1. The number of nitrogens with one attached hydrogen (secondary N) is 1. The molecular weight excluding hydrogens is 326 g/mol. The van der Waals surface area contributed by atoms with Gasteiger partial charge in [-0.25, -0.2) is 12.7 Å². The first-order valence-electron chi connectivity index (χ1n) is 7.83. The van der Waals surface area contributed by atoms with E-state index in [1.807, 2.05) is 0 Å². The minimum Gasteiger partial charge on any atom is -0.356 e. The molecule has 0 aromatic rings. The molecule has 0 spiro atoms. The molecule has 1 amide bonds. The minimum absolute atomic E-state index is 0. The van der Waals surface area contributed by atoms with E-state index >= 15 is 0 Å². The van der Waals surface area contributed by atoms with E-state index in [1.165, 1.54) is 10.6 Å². The van der Waals surface area contributed by atoms with Crippen LogP contribution >= 0.6 is 12.4 Å². The first kappa shape index (κ1) is 19.7. The van der Waals surface area contributed by atoms with Gasteiger partial charge in [0.1, 0.15) is 0 Å². The average molecular weight is 354 g/mol. The molecule has 2 fully saturated rings. The van der Waals surface area contributed by atoms with E-state index < -0.39 is 10.0 Å². The Kier molecular flexibility index (Phi) is 7.58. The van der Waals surface area contributed by atoms with Crippen molar-refractivity contribution in [2.24, 2.45) is 17.6 Å². The second-order valence-corrected chi connectivity index (χ2v) is 8.45. The van der Waals surface area contributed by atoms with E-state index in [0.29, 0.717) is 37.9 Å². The number of carbonyl (C=O) groups is 1. The van der Waals surface area contributed by atoms with Crippen LogP contribution in [-0.4, -0.2) is 50.6 Å². The average Bonchev–Trinajstić information content (AvgIpc) is 2.81. The SMILES string of the molecule is CS(=O)(=O)N1CCC(CNC(=O)C[C@@H]2CCC[C@H]2N)CC1.Cl. The summed E-state index contributed by atoms with van der Waals surface area (Å²) in [5, 5.41) is 2.99. The lowest BCUT2D eigenvalue weighted by Crippen LogP contribution is -2.41. The van der Waals surface area contributed by atoms with Crippen molar-refractivity contribution in [3.05, 3.63) is 0 Å². The molecule has 0 aromatic carbocycles. The molecule has 3 N–H and O–H groups in total. The molecule has 1 heterocycles. The van der Waals surface area contributed by atoms with E-state index in [4.69, 9.17) is 5.73 Å². The fourth-order valence-electron chi connectivity index (χ4n) is 3.33. The largest absolute Gasteiger partial charge is 0.356 e. The van der Waals surface area contributed by atoms with Crippen LogP contribution < -0.4 is 11.1 Å². The molecule has 0 radical (unpaired) electrons. The van der Waals surface area contributed by atoms with Crippen molar-refractivity contribution in [2.45, 2.75) is 44.6 Å². The van der Waals surface area contributed by atoms with Crippen molar-refractivity contribution >= 4 is 28.3 Å². The highest BCUT2D eigenvalue weighted by atomic mass is 35.5. The summed E-state index contributed by atoms with van der Waals surface area (Å²) in [7, 11) is -3.07. The van der Waals surface area contributed by atoms with Gasteiger partial charge in [-0.3, -0.25) is 4.79 Å². The van der Waals surface area contributed by atoms with Gasteiger partial charge in [0.15, 0.2) is 0 Å². The third kappa shape index (κ3) is 5.68. The van der Waals surface area contributed by atoms with Crippen LogP contribution in [0.3, 0.4) is 0 Å². The summed E-state index contributed by atoms with van der Waals surface area (Å²) < 4.78 is 24.4. The Bertz CT molecular complexity index is 464. The third-order valence-electron chi connectivity index (χ3n) is 4.80. The predicted molar refractivity (Wildman–Crippen MR) is 89.3 cm³/mol. The van der Waals surface area contributed by atoms with Crippen molar-refractivity contribution in [1.82, 2.24) is 9.62 Å². The number of hydrogen-bond donors (Lipinski definition) is 2. The molecule has 6 nitrogen and oxygen atoms in total. The molecule has 2 atom stereocenters. The van der Waals surface area contributed by atoms with E-state index in [9.17, 15) is 13.2 Å². The van der Waals surface area contributed by atoms with Crippen LogP contribution in [0.5, 0.6) is 0 Å². The zero-order valence-corrected chi connectivity index (χ0v) is 14.8. The summed E-state index contributed by atoms with van der Waals surface area (Å²) in [6.45, 7) is 1.78. The predicted octanol–water partition coefficient (Wildman–Crippen LogP) is 0.714. The number of hydrogen-bond acceptors (Lipinski definition) is 4. The highest BCUT2D eigenvalue weighted by molar-refractivity contribution is 7.88. The van der Waals surface area contributed by atoms with Gasteiger partial charge in [-0.05, 0) is 37.5 Å². The molecule has 0 unspecified atom stereocenters. The quantitative estimate of drug-likeness (QED) is 0.761. The van der Waals surface area contributed by atoms with Crippen LogP contribution in [0.15, 0.2) is 0 Å². The van der Waals surface area contributed by atoms with Gasteiger partial charge in [0.25, 0.3) is 0 Å². The lowest BCUT2D eigenvalue weighted by Gasteiger charge is -2.30. The van der Waals surface area contributed by atoms with Gasteiger partial charge in [0.05, 0.1) is 6.26 Å². The van der Waals surface area contributed by atoms with Crippen LogP contribution in [-0.2, 0) is 14.8 Å². The molecule has 2 aliphatic rings. The van der Waals surface area contributed by atoms with Gasteiger partial charge >= 0.3 is 0 Å². The molecule has 0 bridgehead atoms. The van der Waals surface area contributed by atoms with E-state index in [0.717, 1.165) is 32.1 Å². The second kappa shape index (κ2) is 8.47. The molecule has 8 heteroatoms. The van der Waals surface area contributed by atoms with Crippen molar-refractivity contribution in [3.63, 3.8) is 0 Å². The van der Waals surface area contributed by atoms with Crippen molar-refractivity contribution in [2.75, 3.05) is 25.9 Å². The van der Waals surface area contributed by atoms with Gasteiger partial charge < -0.3 is 11.1 Å². The third-order valence-corrected chi connectivity index (χ3v) is 6.10. The normalized spacial score (nSPS) is 27.4. The van der Waals surface area contributed by atoms with Crippen LogP contribution in [0.2, 0.25) is 0 Å². The molecule has 22 heavy (non-hydrogen) atoms. The summed E-state index contributed by atoms with van der Waals surface area (Å²) in [5.41, 5.74) is 5.98. The lowest BCUT2D eigenvalue weighted by atomic mass is 9.97. The number of halogens is 1. The number of rotatable bonds is 5. The first-order valence-corrected chi connectivity index (χ1v) is 9.68. The van der Waals surface area contributed by atoms with Gasteiger partial charge in [0.2, 0.25) is 15.9 Å². The maximum atomic E-state index is 11.9. The number of sulfonamides is 1. The summed E-state index contributed by atoms with van der Waals surface area (Å²) in [4.78, 5) is 11.9. The number of nitrogens with zero attached hydrogens (tertiary/aromatic N) is 1. The molecule has 1 saturated carbocycles. The maximum absolute atomic E-state index is 11.9. The highest BCUT2D eigenvalue weighted by Gasteiger charge is 2.27. The zero-order chi connectivity index (χ0) is 15.5. The Morgan fingerprint density at radius 2 is 1.86 bits per heavy atom. The highest BCUT2D eigenvalue weighted by Crippen LogP contribution is 2.26. The summed E-state index contributed by atoms with van der Waals surface area (Å²) in [6.07, 6.45) is 6.63. The molecule has 1 saturated heterocycles. The first-order chi connectivity index (χ1) is 9.86. The van der Waals surface area contributed by atoms with Crippen LogP contribution in [0.25, 0.3) is 0 Å². The summed E-state index contributed by atoms with van der Waals surface area (Å²) in [6, 6.07) is 0.175. The second-order valence-electron chi connectivity index (χ2n) is 6.47. The van der Waals surface area contributed by atoms with Crippen LogP contribution in [0, 0.1) is 11.8 Å². The molecule has 130 valence electrons. The Labute approximate surface area is 139 Å². The smallest absolute Gasteiger partial charge is 0.220 e. The molecule has 1 aliphatic carbocycles. The zero-order valence-electron chi connectivity index (χ0n) is 13.2. The van der Waals surface area contributed by atoms with Gasteiger partial charge in [0, 0.05) is 32.1 Å². The van der Waals surface area contributed by atoms with Crippen molar-refractivity contribution < 1.29 is 13.2 Å². The fraction of sp³-hybridized carbons (Fsp3) is 0.929. The van der Waals surface area contributed by atoms with E-state index in [1.54, 1.807) is 0 Å². The minimum atomic E-state index is -3.07. The molecular formula is C14H28ClN3O3S. The van der Waals surface area contributed by atoms with Gasteiger partial charge in [-0.15, -0.1) is 12.4 Å². The van der Waals surface area contributed by atoms with E-state index in [-0.39, 0.29) is 24.4 Å². The van der Waals surface area contributed by atoms with Crippen molar-refractivity contribution in [1.29, 1.82) is 0 Å². The summed E-state index contributed by atoms with van der Waals surface area (Å²) in [5.74, 6) is 0.796. The Morgan fingerprint density at radius 1 is 1.23 bits per heavy atom. The lowest BCUT2D eigenvalue weighted by molar-refractivity contribution is -0.122. The standard InChI is InChI=1S/C14H27N3O3S.ClH/c1-21(19,20)17-7-5-11(6-8-17)10-16-14(18)9-12-3-2-4-13(12)15;/h11-13H,2-10,15H2,1H3,(H,16,18);1H/t12-,13+;/m0./s1. The number of nitrogens with two attached hydrogens (primary N) is 1. The molecule has 0 aromatic heterocycles.